The number of likely N-dealkylation sites (N-methyl/N-ethyl adjacent to an activating group) is 1. The van der Waals surface area contributed by atoms with Crippen LogP contribution in [0, 0.1) is 5.41 Å². The highest BCUT2D eigenvalue weighted by molar-refractivity contribution is 6.10. The number of amides is 1. The highest BCUT2D eigenvalue weighted by Gasteiger charge is 2.73. The van der Waals surface area contributed by atoms with Gasteiger partial charge >= 0.3 is 5.97 Å². The zero-order valence-corrected chi connectivity index (χ0v) is 23.0. The number of nitrogens with one attached hydrogen (secondary N) is 1. The smallest absolute Gasteiger partial charge is 0.317 e. The van der Waals surface area contributed by atoms with Gasteiger partial charge in [-0.2, -0.15) is 0 Å². The fourth-order valence-electron chi connectivity index (χ4n) is 6.51. The number of unbranched alkanes of at least 4 members (excludes halogenated alkanes) is 9. The Kier molecular flexibility index (Phi) is 9.55. The quantitative estimate of drug-likeness (QED) is 0.243. The van der Waals surface area contributed by atoms with Crippen molar-refractivity contribution in [3.05, 3.63) is 59.9 Å². The van der Waals surface area contributed by atoms with Gasteiger partial charge < -0.3 is 15.2 Å². The number of nitrogens with zero attached hydrogens (tertiary/aromatic N) is 2. The molecule has 4 rings (SSSR count). The molecule has 0 aliphatic carbocycles. The number of benzene rings is 1. The second kappa shape index (κ2) is 12.9. The summed E-state index contributed by atoms with van der Waals surface area (Å²) in [4.78, 5) is 33.9. The second-order valence-electron chi connectivity index (χ2n) is 10.9. The number of carbonyl (C=O) groups is 2. The number of rotatable bonds is 14. The van der Waals surface area contributed by atoms with Crippen LogP contribution in [0.25, 0.3) is 0 Å². The molecule has 7 heteroatoms. The van der Waals surface area contributed by atoms with Gasteiger partial charge in [-0.05, 0) is 43.7 Å². The van der Waals surface area contributed by atoms with Crippen LogP contribution in [-0.4, -0.2) is 47.1 Å². The largest absolute Gasteiger partial charge is 0.465 e. The summed E-state index contributed by atoms with van der Waals surface area (Å²) >= 11 is 0. The molecule has 1 spiro atoms. The van der Waals surface area contributed by atoms with E-state index in [9.17, 15) is 14.7 Å². The van der Waals surface area contributed by atoms with Crippen molar-refractivity contribution in [2.24, 2.45) is 5.41 Å². The maximum absolute atomic E-state index is 14.1. The summed E-state index contributed by atoms with van der Waals surface area (Å²) in [5, 5.41) is 14.8. The molecule has 1 aromatic heterocycles. The summed E-state index contributed by atoms with van der Waals surface area (Å²) in [7, 11) is 1.85. The van der Waals surface area contributed by atoms with Crippen LogP contribution in [-0.2, 0) is 19.9 Å². The number of esters is 1. The molecule has 3 atom stereocenters. The van der Waals surface area contributed by atoms with Crippen molar-refractivity contribution in [2.75, 3.05) is 25.5 Å². The fraction of sp³-hybridized carbons (Fsp3) is 0.581. The van der Waals surface area contributed by atoms with E-state index in [4.69, 9.17) is 4.74 Å². The molecule has 38 heavy (non-hydrogen) atoms. The number of anilines is 1. The number of hydrogen-bond acceptors (Lipinski definition) is 6. The molecular formula is C31H43N3O4. The lowest BCUT2D eigenvalue weighted by molar-refractivity contribution is -0.178. The molecule has 1 fully saturated rings. The van der Waals surface area contributed by atoms with Crippen molar-refractivity contribution < 1.29 is 19.4 Å². The average Bonchev–Trinajstić information content (AvgIpc) is 3.42. The zero-order valence-electron chi connectivity index (χ0n) is 23.0. The van der Waals surface area contributed by atoms with E-state index in [1.807, 2.05) is 36.2 Å². The number of hydrogen-bond donors (Lipinski definition) is 2. The Labute approximate surface area is 227 Å². The van der Waals surface area contributed by atoms with E-state index in [-0.39, 0.29) is 12.5 Å². The monoisotopic (exact) mass is 521 g/mol. The van der Waals surface area contributed by atoms with Crippen molar-refractivity contribution >= 4 is 17.6 Å². The molecule has 0 bridgehead atoms. The summed E-state index contributed by atoms with van der Waals surface area (Å²) in [6.45, 7) is 2.99. The van der Waals surface area contributed by atoms with Gasteiger partial charge in [0.15, 0.2) is 0 Å². The first kappa shape index (κ1) is 28.2. The predicted octanol–water partition coefficient (Wildman–Crippen LogP) is 5.75. The first-order valence-corrected chi connectivity index (χ1v) is 14.4. The van der Waals surface area contributed by atoms with Crippen LogP contribution in [0.3, 0.4) is 0 Å². The van der Waals surface area contributed by atoms with Crippen LogP contribution >= 0.6 is 0 Å². The van der Waals surface area contributed by atoms with E-state index >= 15 is 0 Å². The number of ether oxygens (including phenoxy) is 1. The predicted molar refractivity (Wildman–Crippen MR) is 148 cm³/mol. The van der Waals surface area contributed by atoms with Gasteiger partial charge in [0.2, 0.25) is 0 Å². The topological polar surface area (TPSA) is 91.8 Å². The molecule has 1 aromatic carbocycles. The molecule has 2 aliphatic rings. The summed E-state index contributed by atoms with van der Waals surface area (Å²) in [5.74, 6) is -0.823. The van der Waals surface area contributed by atoms with Gasteiger partial charge in [-0.1, -0.05) is 82.9 Å². The van der Waals surface area contributed by atoms with Crippen molar-refractivity contribution in [1.29, 1.82) is 0 Å². The van der Waals surface area contributed by atoms with Crippen LogP contribution in [0.2, 0.25) is 0 Å². The normalized spacial score (nSPS) is 23.4. The minimum absolute atomic E-state index is 0.281. The molecule has 1 saturated heterocycles. The SMILES string of the molecule is CCCCCCCCCCCCOC(=O)C1(C(O)c2ccncc2)CCN(C)C12C(=O)Nc1ccccc12. The van der Waals surface area contributed by atoms with Gasteiger partial charge in [0.1, 0.15) is 11.0 Å². The third-order valence-electron chi connectivity index (χ3n) is 8.54. The Morgan fingerprint density at radius 1 is 1.03 bits per heavy atom. The number of para-hydroxylation sites is 1. The minimum atomic E-state index is -1.50. The third kappa shape index (κ3) is 5.10. The molecule has 3 heterocycles. The number of carbonyl (C=O) groups excluding carboxylic acids is 2. The van der Waals surface area contributed by atoms with Crippen molar-refractivity contribution in [3.8, 4) is 0 Å². The average molecular weight is 522 g/mol. The lowest BCUT2D eigenvalue weighted by atomic mass is 9.62. The van der Waals surface area contributed by atoms with Crippen LogP contribution in [0.4, 0.5) is 5.69 Å². The van der Waals surface area contributed by atoms with Gasteiger partial charge in [0.05, 0.1) is 12.7 Å². The molecule has 3 unspecified atom stereocenters. The molecule has 2 aromatic rings. The summed E-state index contributed by atoms with van der Waals surface area (Å²) in [5.41, 5.74) is -0.962. The van der Waals surface area contributed by atoms with Crippen LogP contribution in [0.15, 0.2) is 48.8 Å². The first-order valence-electron chi connectivity index (χ1n) is 14.4. The summed E-state index contributed by atoms with van der Waals surface area (Å²) in [6, 6.07) is 10.8. The summed E-state index contributed by atoms with van der Waals surface area (Å²) in [6.07, 6.45) is 14.1. The maximum atomic E-state index is 14.1. The van der Waals surface area contributed by atoms with E-state index in [0.717, 1.165) is 19.3 Å². The number of aliphatic hydroxyl groups excluding tert-OH is 1. The Bertz CT molecular complexity index is 1080. The molecule has 206 valence electrons. The van der Waals surface area contributed by atoms with Crippen molar-refractivity contribution in [2.45, 2.75) is 89.2 Å². The Morgan fingerprint density at radius 3 is 2.34 bits per heavy atom. The molecule has 2 aliphatic heterocycles. The van der Waals surface area contributed by atoms with Crippen molar-refractivity contribution in [3.63, 3.8) is 0 Å². The van der Waals surface area contributed by atoms with Gasteiger partial charge in [-0.25, -0.2) is 0 Å². The summed E-state index contributed by atoms with van der Waals surface area (Å²) < 4.78 is 5.92. The molecule has 2 N–H and O–H groups in total. The van der Waals surface area contributed by atoms with Gasteiger partial charge in [-0.15, -0.1) is 0 Å². The molecular weight excluding hydrogens is 478 g/mol. The fourth-order valence-corrected chi connectivity index (χ4v) is 6.51. The molecule has 0 saturated carbocycles. The molecule has 0 radical (unpaired) electrons. The molecule has 1 amide bonds. The van der Waals surface area contributed by atoms with Gasteiger partial charge in [0, 0.05) is 30.2 Å². The third-order valence-corrected chi connectivity index (χ3v) is 8.54. The van der Waals surface area contributed by atoms with E-state index < -0.39 is 23.0 Å². The number of fused-ring (bicyclic) bond motifs is 2. The van der Waals surface area contributed by atoms with Crippen LogP contribution < -0.4 is 5.32 Å². The Morgan fingerprint density at radius 2 is 1.66 bits per heavy atom. The van der Waals surface area contributed by atoms with Crippen LogP contribution in [0.1, 0.15) is 94.8 Å². The first-order chi connectivity index (χ1) is 18.5. The number of aliphatic hydroxyl groups is 1. The minimum Gasteiger partial charge on any atom is -0.465 e. The molecule has 7 nitrogen and oxygen atoms in total. The Balaban J connectivity index is 1.49. The number of pyridine rings is 1. The zero-order chi connectivity index (χ0) is 27.0. The Hall–Kier alpha value is -2.77. The number of aromatic nitrogens is 1. The lowest BCUT2D eigenvalue weighted by Crippen LogP contribution is -2.60. The van der Waals surface area contributed by atoms with E-state index in [0.29, 0.717) is 29.8 Å². The highest BCUT2D eigenvalue weighted by atomic mass is 16.5. The van der Waals surface area contributed by atoms with Crippen LogP contribution in [0.5, 0.6) is 0 Å². The standard InChI is InChI=1S/C31H43N3O4/c1-3-4-5-6-7-8-9-10-11-14-23-38-29(37)30(27(35)24-17-20-32-21-18-24)19-22-34(2)31(30)25-15-12-13-16-26(25)33-28(31)36/h12-13,15-18,20-21,27,35H,3-11,14,19,22-23H2,1-2H3,(H,33,36). The van der Waals surface area contributed by atoms with E-state index in [1.165, 1.54) is 44.9 Å². The number of likely N-dealkylation sites (tertiary alicyclic amines) is 1. The lowest BCUT2D eigenvalue weighted by Gasteiger charge is -2.45. The van der Waals surface area contributed by atoms with E-state index in [1.54, 1.807) is 24.5 Å². The maximum Gasteiger partial charge on any atom is 0.317 e. The van der Waals surface area contributed by atoms with Crippen molar-refractivity contribution in [1.82, 2.24) is 9.88 Å². The van der Waals surface area contributed by atoms with Gasteiger partial charge in [-0.3, -0.25) is 19.5 Å². The second-order valence-corrected chi connectivity index (χ2v) is 10.9. The van der Waals surface area contributed by atoms with Gasteiger partial charge in [0.25, 0.3) is 5.91 Å². The highest BCUT2D eigenvalue weighted by Crippen LogP contribution is 2.62. The van der Waals surface area contributed by atoms with E-state index in [2.05, 4.69) is 17.2 Å².